The monoisotopic (exact) mass is 258 g/mol. The van der Waals surface area contributed by atoms with Crippen LogP contribution in [0.4, 0.5) is 4.39 Å². The Bertz CT molecular complexity index is 611. The fourth-order valence-corrected chi connectivity index (χ4v) is 1.85. The minimum atomic E-state index is -0.547. The predicted octanol–water partition coefficient (Wildman–Crippen LogP) is 3.00. The first-order valence-corrected chi connectivity index (χ1v) is 5.89. The Labute approximate surface area is 111 Å². The highest BCUT2D eigenvalue weighted by Crippen LogP contribution is 2.22. The molecule has 2 aromatic rings. The first kappa shape index (κ1) is 13.1. The highest BCUT2D eigenvalue weighted by molar-refractivity contribution is 5.97. The molecule has 0 spiro atoms. The van der Waals surface area contributed by atoms with Gasteiger partial charge in [0, 0.05) is 0 Å². The van der Waals surface area contributed by atoms with Crippen molar-refractivity contribution < 1.29 is 9.13 Å². The van der Waals surface area contributed by atoms with Crippen LogP contribution in [0.5, 0.6) is 5.75 Å². The van der Waals surface area contributed by atoms with Gasteiger partial charge in [-0.3, -0.25) is 5.41 Å². The molecule has 3 N–H and O–H groups in total. The van der Waals surface area contributed by atoms with E-state index in [1.165, 1.54) is 12.1 Å². The van der Waals surface area contributed by atoms with Crippen LogP contribution in [0.2, 0.25) is 0 Å². The highest BCUT2D eigenvalue weighted by atomic mass is 19.1. The van der Waals surface area contributed by atoms with E-state index in [0.717, 1.165) is 11.1 Å². The standard InChI is InChI=1S/C15H15FN2O/c1-10-4-2-5-11(8-10)9-19-13-7-3-6-12(16)14(13)15(17)18/h2-8H,9H2,1H3,(H3,17,18). The maximum atomic E-state index is 13.6. The molecule has 2 rings (SSSR count). The lowest BCUT2D eigenvalue weighted by molar-refractivity contribution is 0.304. The number of nitrogen functional groups attached to an aromatic ring is 1. The minimum absolute atomic E-state index is 0.00940. The Morgan fingerprint density at radius 3 is 2.68 bits per heavy atom. The molecule has 2 aromatic carbocycles. The molecule has 0 aliphatic heterocycles. The number of aryl methyl sites for hydroxylation is 1. The fourth-order valence-electron chi connectivity index (χ4n) is 1.85. The molecule has 98 valence electrons. The molecule has 3 nitrogen and oxygen atoms in total. The van der Waals surface area contributed by atoms with Crippen LogP contribution < -0.4 is 10.5 Å². The average Bonchev–Trinajstić information content (AvgIpc) is 2.36. The van der Waals surface area contributed by atoms with Crippen LogP contribution >= 0.6 is 0 Å². The van der Waals surface area contributed by atoms with Gasteiger partial charge in [0.05, 0.1) is 5.56 Å². The smallest absolute Gasteiger partial charge is 0.137 e. The maximum absolute atomic E-state index is 13.6. The van der Waals surface area contributed by atoms with E-state index in [0.29, 0.717) is 6.61 Å². The Morgan fingerprint density at radius 1 is 1.26 bits per heavy atom. The zero-order chi connectivity index (χ0) is 13.8. The normalized spacial score (nSPS) is 10.2. The molecule has 0 atom stereocenters. The number of hydrogen-bond donors (Lipinski definition) is 2. The lowest BCUT2D eigenvalue weighted by atomic mass is 10.1. The first-order chi connectivity index (χ1) is 9.08. The minimum Gasteiger partial charge on any atom is -0.488 e. The third kappa shape index (κ3) is 3.10. The van der Waals surface area contributed by atoms with Crippen molar-refractivity contribution in [1.29, 1.82) is 5.41 Å². The molecular formula is C15H15FN2O. The van der Waals surface area contributed by atoms with Crippen LogP contribution in [-0.4, -0.2) is 5.84 Å². The molecule has 0 amide bonds. The summed E-state index contributed by atoms with van der Waals surface area (Å²) in [6.07, 6.45) is 0. The van der Waals surface area contributed by atoms with Crippen molar-refractivity contribution in [2.45, 2.75) is 13.5 Å². The summed E-state index contributed by atoms with van der Waals surface area (Å²) in [6.45, 7) is 2.30. The van der Waals surface area contributed by atoms with Gasteiger partial charge in [-0.05, 0) is 24.6 Å². The van der Waals surface area contributed by atoms with Gasteiger partial charge in [-0.2, -0.15) is 0 Å². The Morgan fingerprint density at radius 2 is 2.00 bits per heavy atom. The molecule has 0 aromatic heterocycles. The number of halogens is 1. The van der Waals surface area contributed by atoms with Gasteiger partial charge in [-0.15, -0.1) is 0 Å². The Hall–Kier alpha value is -2.36. The number of nitrogens with one attached hydrogen (secondary N) is 1. The van der Waals surface area contributed by atoms with Crippen molar-refractivity contribution in [1.82, 2.24) is 0 Å². The maximum Gasteiger partial charge on any atom is 0.137 e. The molecule has 0 aliphatic rings. The van der Waals surface area contributed by atoms with E-state index in [4.69, 9.17) is 15.9 Å². The zero-order valence-corrected chi connectivity index (χ0v) is 10.6. The summed E-state index contributed by atoms with van der Waals surface area (Å²) in [6, 6.07) is 12.3. The van der Waals surface area contributed by atoms with Crippen molar-refractivity contribution in [2.24, 2.45) is 5.73 Å². The second-order valence-electron chi connectivity index (χ2n) is 4.30. The number of rotatable bonds is 4. The Kier molecular flexibility index (Phi) is 3.80. The molecule has 0 unspecified atom stereocenters. The van der Waals surface area contributed by atoms with Crippen molar-refractivity contribution in [2.75, 3.05) is 0 Å². The lowest BCUT2D eigenvalue weighted by Crippen LogP contribution is -2.15. The fraction of sp³-hybridized carbons (Fsp3) is 0.133. The van der Waals surface area contributed by atoms with Crippen LogP contribution in [0.15, 0.2) is 42.5 Å². The molecule has 0 saturated heterocycles. The summed E-state index contributed by atoms with van der Waals surface area (Å²) < 4.78 is 19.1. The van der Waals surface area contributed by atoms with Crippen LogP contribution in [-0.2, 0) is 6.61 Å². The summed E-state index contributed by atoms with van der Waals surface area (Å²) in [5.41, 5.74) is 7.50. The van der Waals surface area contributed by atoms with Gasteiger partial charge in [0.15, 0.2) is 0 Å². The van der Waals surface area contributed by atoms with Crippen LogP contribution in [0.3, 0.4) is 0 Å². The number of hydrogen-bond acceptors (Lipinski definition) is 2. The van der Waals surface area contributed by atoms with Gasteiger partial charge < -0.3 is 10.5 Å². The molecule has 0 heterocycles. The quantitative estimate of drug-likeness (QED) is 0.654. The topological polar surface area (TPSA) is 59.1 Å². The van der Waals surface area contributed by atoms with E-state index in [9.17, 15) is 4.39 Å². The van der Waals surface area contributed by atoms with Crippen molar-refractivity contribution in [3.05, 3.63) is 65.0 Å². The molecule has 4 heteroatoms. The number of benzene rings is 2. The lowest BCUT2D eigenvalue weighted by Gasteiger charge is -2.11. The van der Waals surface area contributed by atoms with Crippen molar-refractivity contribution >= 4 is 5.84 Å². The molecular weight excluding hydrogens is 243 g/mol. The molecule has 0 aliphatic carbocycles. The van der Waals surface area contributed by atoms with Gasteiger partial charge in [-0.25, -0.2) is 4.39 Å². The van der Waals surface area contributed by atoms with Crippen molar-refractivity contribution in [3.63, 3.8) is 0 Å². The van der Waals surface area contributed by atoms with Gasteiger partial charge in [0.25, 0.3) is 0 Å². The second-order valence-corrected chi connectivity index (χ2v) is 4.30. The number of nitrogens with two attached hydrogens (primary N) is 1. The van der Waals surface area contributed by atoms with E-state index in [1.807, 2.05) is 31.2 Å². The van der Waals surface area contributed by atoms with Crippen LogP contribution in [0.1, 0.15) is 16.7 Å². The first-order valence-electron chi connectivity index (χ1n) is 5.89. The molecule has 0 saturated carbocycles. The van der Waals surface area contributed by atoms with Crippen LogP contribution in [0, 0.1) is 18.2 Å². The summed E-state index contributed by atoms with van der Waals surface area (Å²) in [5, 5.41) is 7.39. The third-order valence-electron chi connectivity index (χ3n) is 2.72. The van der Waals surface area contributed by atoms with Gasteiger partial charge in [0.2, 0.25) is 0 Å². The van der Waals surface area contributed by atoms with Gasteiger partial charge in [-0.1, -0.05) is 35.9 Å². The second kappa shape index (κ2) is 5.52. The summed E-state index contributed by atoms with van der Waals surface area (Å²) in [7, 11) is 0. The van der Waals surface area contributed by atoms with E-state index in [1.54, 1.807) is 6.07 Å². The number of amidine groups is 1. The average molecular weight is 258 g/mol. The summed E-state index contributed by atoms with van der Waals surface area (Å²) >= 11 is 0. The van der Waals surface area contributed by atoms with Crippen LogP contribution in [0.25, 0.3) is 0 Å². The molecule has 0 bridgehead atoms. The largest absolute Gasteiger partial charge is 0.488 e. The third-order valence-corrected chi connectivity index (χ3v) is 2.72. The van der Waals surface area contributed by atoms with Gasteiger partial charge >= 0.3 is 0 Å². The number of ether oxygens (including phenoxy) is 1. The molecule has 0 fully saturated rings. The predicted molar refractivity (Wildman–Crippen MR) is 72.9 cm³/mol. The Balaban J connectivity index is 2.20. The van der Waals surface area contributed by atoms with E-state index in [-0.39, 0.29) is 17.1 Å². The van der Waals surface area contributed by atoms with E-state index >= 15 is 0 Å². The summed E-state index contributed by atoms with van der Waals surface area (Å²) in [5.74, 6) is -0.597. The SMILES string of the molecule is Cc1cccc(COc2cccc(F)c2C(=N)N)c1. The van der Waals surface area contributed by atoms with E-state index < -0.39 is 5.82 Å². The summed E-state index contributed by atoms with van der Waals surface area (Å²) in [4.78, 5) is 0. The molecule has 19 heavy (non-hydrogen) atoms. The molecule has 0 radical (unpaired) electrons. The van der Waals surface area contributed by atoms with E-state index in [2.05, 4.69) is 0 Å². The highest BCUT2D eigenvalue weighted by Gasteiger charge is 2.12. The zero-order valence-electron chi connectivity index (χ0n) is 10.6. The van der Waals surface area contributed by atoms with Crippen molar-refractivity contribution in [3.8, 4) is 5.75 Å². The van der Waals surface area contributed by atoms with Gasteiger partial charge in [0.1, 0.15) is 24.0 Å².